The Morgan fingerprint density at radius 1 is 1.50 bits per heavy atom. The standard InChI is InChI=1S/C12H12O3S/c1-15-12(14)7-9(13)11-6-8-4-2-3-5-10(8)16-11/h2-6,9,13H,7H2,1H3/t9-/m0/s1. The van der Waals surface area contributed by atoms with Crippen molar-refractivity contribution in [1.29, 1.82) is 0 Å². The van der Waals surface area contributed by atoms with Crippen LogP contribution >= 0.6 is 11.3 Å². The molecule has 3 nitrogen and oxygen atoms in total. The number of hydrogen-bond acceptors (Lipinski definition) is 4. The predicted octanol–water partition coefficient (Wildman–Crippen LogP) is 2.50. The molecule has 0 amide bonds. The van der Waals surface area contributed by atoms with Crippen molar-refractivity contribution in [3.63, 3.8) is 0 Å². The molecular weight excluding hydrogens is 224 g/mol. The number of thiophene rings is 1. The number of aliphatic hydroxyl groups excluding tert-OH is 1. The van der Waals surface area contributed by atoms with E-state index in [1.165, 1.54) is 18.4 Å². The molecule has 0 bridgehead atoms. The lowest BCUT2D eigenvalue weighted by molar-refractivity contribution is -0.142. The van der Waals surface area contributed by atoms with Crippen LogP contribution in [0.5, 0.6) is 0 Å². The Labute approximate surface area is 97.3 Å². The van der Waals surface area contributed by atoms with E-state index in [0.717, 1.165) is 15.0 Å². The smallest absolute Gasteiger partial charge is 0.308 e. The molecule has 0 saturated carbocycles. The normalized spacial score (nSPS) is 12.6. The number of carbonyl (C=O) groups excluding carboxylic acids is 1. The van der Waals surface area contributed by atoms with Crippen molar-refractivity contribution in [3.05, 3.63) is 35.2 Å². The average Bonchev–Trinajstić information content (AvgIpc) is 2.72. The number of ether oxygens (including phenoxy) is 1. The van der Waals surface area contributed by atoms with Gasteiger partial charge in [0.25, 0.3) is 0 Å². The van der Waals surface area contributed by atoms with Crippen LogP contribution in [0.4, 0.5) is 0 Å². The van der Waals surface area contributed by atoms with Crippen molar-refractivity contribution in [2.75, 3.05) is 7.11 Å². The molecule has 1 heterocycles. The summed E-state index contributed by atoms with van der Waals surface area (Å²) in [4.78, 5) is 11.8. The van der Waals surface area contributed by atoms with E-state index in [1.54, 1.807) is 0 Å². The van der Waals surface area contributed by atoms with Crippen LogP contribution < -0.4 is 0 Å². The lowest BCUT2D eigenvalue weighted by Gasteiger charge is -2.05. The zero-order chi connectivity index (χ0) is 11.5. The Morgan fingerprint density at radius 3 is 2.94 bits per heavy atom. The van der Waals surface area contributed by atoms with Gasteiger partial charge in [-0.3, -0.25) is 4.79 Å². The fraction of sp³-hybridized carbons (Fsp3) is 0.250. The molecule has 1 atom stereocenters. The average molecular weight is 236 g/mol. The molecule has 2 rings (SSSR count). The van der Waals surface area contributed by atoms with Crippen LogP contribution in [0, 0.1) is 0 Å². The number of rotatable bonds is 3. The van der Waals surface area contributed by atoms with E-state index in [4.69, 9.17) is 0 Å². The maximum absolute atomic E-state index is 11.0. The molecule has 0 unspecified atom stereocenters. The van der Waals surface area contributed by atoms with Crippen molar-refractivity contribution in [1.82, 2.24) is 0 Å². The Hall–Kier alpha value is -1.39. The Morgan fingerprint density at radius 2 is 2.25 bits per heavy atom. The topological polar surface area (TPSA) is 46.5 Å². The Balaban J connectivity index is 2.23. The maximum Gasteiger partial charge on any atom is 0.308 e. The van der Waals surface area contributed by atoms with Crippen molar-refractivity contribution in [2.45, 2.75) is 12.5 Å². The zero-order valence-electron chi connectivity index (χ0n) is 8.84. The highest BCUT2D eigenvalue weighted by molar-refractivity contribution is 7.19. The summed E-state index contributed by atoms with van der Waals surface area (Å²) in [7, 11) is 1.32. The van der Waals surface area contributed by atoms with Crippen molar-refractivity contribution in [3.8, 4) is 0 Å². The van der Waals surface area contributed by atoms with Crippen LogP contribution in [0.15, 0.2) is 30.3 Å². The van der Waals surface area contributed by atoms with Crippen molar-refractivity contribution in [2.24, 2.45) is 0 Å². The van der Waals surface area contributed by atoms with E-state index >= 15 is 0 Å². The van der Waals surface area contributed by atoms with Gasteiger partial charge in [-0.1, -0.05) is 18.2 Å². The lowest BCUT2D eigenvalue weighted by atomic mass is 10.2. The summed E-state index contributed by atoms with van der Waals surface area (Å²) in [5.41, 5.74) is 0. The first-order valence-corrected chi connectivity index (χ1v) is 5.75. The van der Waals surface area contributed by atoms with Crippen LogP contribution in [0.2, 0.25) is 0 Å². The highest BCUT2D eigenvalue weighted by Gasteiger charge is 2.15. The van der Waals surface area contributed by atoms with Gasteiger partial charge in [-0.2, -0.15) is 0 Å². The molecule has 0 saturated heterocycles. The van der Waals surface area contributed by atoms with Gasteiger partial charge in [-0.25, -0.2) is 0 Å². The number of aliphatic hydroxyl groups is 1. The monoisotopic (exact) mass is 236 g/mol. The van der Waals surface area contributed by atoms with E-state index in [-0.39, 0.29) is 6.42 Å². The number of fused-ring (bicyclic) bond motifs is 1. The summed E-state index contributed by atoms with van der Waals surface area (Å²) < 4.78 is 5.63. The second kappa shape index (κ2) is 4.63. The Bertz CT molecular complexity index is 471. The van der Waals surface area contributed by atoms with Gasteiger partial charge in [0.1, 0.15) is 0 Å². The highest BCUT2D eigenvalue weighted by Crippen LogP contribution is 2.31. The summed E-state index contributed by atoms with van der Waals surface area (Å²) in [5, 5.41) is 10.9. The molecule has 2 aromatic rings. The summed E-state index contributed by atoms with van der Waals surface area (Å²) in [6.45, 7) is 0. The first-order valence-electron chi connectivity index (χ1n) is 4.94. The lowest BCUT2D eigenvalue weighted by Crippen LogP contribution is -2.06. The molecule has 4 heteroatoms. The molecule has 0 aliphatic carbocycles. The van der Waals surface area contributed by atoms with Crippen LogP contribution in [-0.4, -0.2) is 18.2 Å². The second-order valence-electron chi connectivity index (χ2n) is 3.48. The third-order valence-electron chi connectivity index (χ3n) is 2.36. The summed E-state index contributed by atoms with van der Waals surface area (Å²) in [6.07, 6.45) is -0.770. The van der Waals surface area contributed by atoms with Crippen LogP contribution in [0.3, 0.4) is 0 Å². The molecule has 0 aliphatic rings. The SMILES string of the molecule is COC(=O)C[C@H](O)c1cc2ccccc2s1. The quantitative estimate of drug-likeness (QED) is 0.833. The molecule has 1 aromatic heterocycles. The van der Waals surface area contributed by atoms with Gasteiger partial charge < -0.3 is 9.84 Å². The van der Waals surface area contributed by atoms with Crippen molar-refractivity contribution >= 4 is 27.4 Å². The van der Waals surface area contributed by atoms with Crippen molar-refractivity contribution < 1.29 is 14.6 Å². The van der Waals surface area contributed by atoms with Gasteiger partial charge in [0, 0.05) is 9.58 Å². The fourth-order valence-corrected chi connectivity index (χ4v) is 2.56. The maximum atomic E-state index is 11.0. The van der Waals surface area contributed by atoms with E-state index in [0.29, 0.717) is 0 Å². The van der Waals surface area contributed by atoms with Gasteiger partial charge >= 0.3 is 5.97 Å². The minimum Gasteiger partial charge on any atom is -0.469 e. The van der Waals surface area contributed by atoms with Gasteiger partial charge in [-0.15, -0.1) is 11.3 Å². The highest BCUT2D eigenvalue weighted by atomic mass is 32.1. The zero-order valence-corrected chi connectivity index (χ0v) is 9.66. The van der Waals surface area contributed by atoms with Gasteiger partial charge in [0.15, 0.2) is 0 Å². The van der Waals surface area contributed by atoms with E-state index in [2.05, 4.69) is 4.74 Å². The van der Waals surface area contributed by atoms with Crippen LogP contribution in [0.1, 0.15) is 17.4 Å². The molecule has 1 N–H and O–H groups in total. The molecule has 0 aliphatic heterocycles. The first-order chi connectivity index (χ1) is 7.70. The number of carbonyl (C=O) groups is 1. The molecule has 0 fully saturated rings. The number of esters is 1. The van der Waals surface area contributed by atoms with Gasteiger partial charge in [0.2, 0.25) is 0 Å². The molecule has 0 spiro atoms. The van der Waals surface area contributed by atoms with E-state index < -0.39 is 12.1 Å². The molecule has 1 aromatic carbocycles. The predicted molar refractivity (Wildman–Crippen MR) is 63.4 cm³/mol. The molecule has 84 valence electrons. The molecule has 16 heavy (non-hydrogen) atoms. The second-order valence-corrected chi connectivity index (χ2v) is 4.60. The van der Waals surface area contributed by atoms with E-state index in [9.17, 15) is 9.90 Å². The molecule has 0 radical (unpaired) electrons. The minimum absolute atomic E-state index is 0.00330. The summed E-state index contributed by atoms with van der Waals surface area (Å²) in [5.74, 6) is -0.398. The minimum atomic E-state index is -0.773. The fourth-order valence-electron chi connectivity index (χ4n) is 1.51. The first kappa shape index (κ1) is 11.1. The summed E-state index contributed by atoms with van der Waals surface area (Å²) >= 11 is 1.50. The van der Waals surface area contributed by atoms with Crippen LogP contribution in [-0.2, 0) is 9.53 Å². The molecular formula is C12H12O3S. The third kappa shape index (κ3) is 2.23. The largest absolute Gasteiger partial charge is 0.469 e. The van der Waals surface area contributed by atoms with Crippen LogP contribution in [0.25, 0.3) is 10.1 Å². The Kier molecular flexibility index (Phi) is 3.22. The third-order valence-corrected chi connectivity index (χ3v) is 3.58. The number of hydrogen-bond donors (Lipinski definition) is 1. The number of benzene rings is 1. The number of methoxy groups -OCH3 is 1. The van der Waals surface area contributed by atoms with Gasteiger partial charge in [0.05, 0.1) is 19.6 Å². The van der Waals surface area contributed by atoms with E-state index in [1.807, 2.05) is 30.3 Å². The summed E-state index contributed by atoms with van der Waals surface area (Å²) in [6, 6.07) is 9.79. The van der Waals surface area contributed by atoms with Gasteiger partial charge in [-0.05, 0) is 17.5 Å².